The molecule has 126 valence electrons. The van der Waals surface area contributed by atoms with Gasteiger partial charge in [-0.3, -0.25) is 4.99 Å². The third-order valence-electron chi connectivity index (χ3n) is 5.98. The minimum absolute atomic E-state index is 0.613. The first kappa shape index (κ1) is 16.1. The molecule has 4 heteroatoms. The van der Waals surface area contributed by atoms with E-state index in [-0.39, 0.29) is 0 Å². The summed E-state index contributed by atoms with van der Waals surface area (Å²) in [4.78, 5) is 9.97. The van der Waals surface area contributed by atoms with Crippen LogP contribution in [0.5, 0.6) is 0 Å². The third kappa shape index (κ3) is 3.76. The number of aliphatic imine (C=N–C) groups is 1. The lowest BCUT2D eigenvalue weighted by Crippen LogP contribution is -2.42. The molecule has 3 rings (SSSR count). The Morgan fingerprint density at radius 1 is 1.18 bits per heavy atom. The van der Waals surface area contributed by atoms with Gasteiger partial charge in [0.2, 0.25) is 0 Å². The van der Waals surface area contributed by atoms with E-state index in [0.717, 1.165) is 19.0 Å². The van der Waals surface area contributed by atoms with Crippen LogP contribution in [-0.2, 0) is 0 Å². The van der Waals surface area contributed by atoms with Gasteiger partial charge >= 0.3 is 0 Å². The molecule has 22 heavy (non-hydrogen) atoms. The number of rotatable bonds is 3. The number of likely N-dealkylation sites (tertiary alicyclic amines) is 2. The standard InChI is InChI=1S/C18H34N4/c1-3-19-17(20-13-16-7-11-21(2)14-16)22-12-10-18(15-22)8-5-4-6-9-18/h16H,3-15H2,1-2H3,(H,19,20). The quantitative estimate of drug-likeness (QED) is 0.642. The molecule has 0 aromatic rings. The van der Waals surface area contributed by atoms with Crippen molar-refractivity contribution in [3.05, 3.63) is 0 Å². The highest BCUT2D eigenvalue weighted by molar-refractivity contribution is 5.80. The zero-order chi connectivity index (χ0) is 15.4. The highest BCUT2D eigenvalue weighted by Crippen LogP contribution is 2.43. The minimum Gasteiger partial charge on any atom is -0.357 e. The van der Waals surface area contributed by atoms with E-state index in [1.54, 1.807) is 0 Å². The predicted octanol–water partition coefficient (Wildman–Crippen LogP) is 2.56. The maximum Gasteiger partial charge on any atom is 0.193 e. The zero-order valence-corrected chi connectivity index (χ0v) is 14.6. The molecule has 2 saturated heterocycles. The topological polar surface area (TPSA) is 30.9 Å². The predicted molar refractivity (Wildman–Crippen MR) is 93.3 cm³/mol. The summed E-state index contributed by atoms with van der Waals surface area (Å²) in [7, 11) is 2.22. The number of hydrogen-bond donors (Lipinski definition) is 1. The van der Waals surface area contributed by atoms with Crippen LogP contribution in [0, 0.1) is 11.3 Å². The lowest BCUT2D eigenvalue weighted by molar-refractivity contribution is 0.203. The first-order valence-electron chi connectivity index (χ1n) is 9.43. The second-order valence-electron chi connectivity index (χ2n) is 7.84. The fraction of sp³-hybridized carbons (Fsp3) is 0.944. The molecular weight excluding hydrogens is 272 g/mol. The van der Waals surface area contributed by atoms with Gasteiger partial charge in [0.15, 0.2) is 5.96 Å². The van der Waals surface area contributed by atoms with Crippen LogP contribution in [0.15, 0.2) is 4.99 Å². The van der Waals surface area contributed by atoms with E-state index in [1.807, 2.05) is 0 Å². The molecule has 1 spiro atoms. The first-order valence-corrected chi connectivity index (χ1v) is 9.43. The van der Waals surface area contributed by atoms with E-state index >= 15 is 0 Å². The molecule has 1 aliphatic carbocycles. The lowest BCUT2D eigenvalue weighted by atomic mass is 9.73. The average Bonchev–Trinajstić information content (AvgIpc) is 3.11. The molecular formula is C18H34N4. The van der Waals surface area contributed by atoms with Crippen molar-refractivity contribution in [1.29, 1.82) is 0 Å². The van der Waals surface area contributed by atoms with Gasteiger partial charge in [-0.25, -0.2) is 0 Å². The Morgan fingerprint density at radius 2 is 2.00 bits per heavy atom. The molecule has 0 bridgehead atoms. The van der Waals surface area contributed by atoms with Crippen LogP contribution in [0.25, 0.3) is 0 Å². The Morgan fingerprint density at radius 3 is 2.68 bits per heavy atom. The minimum atomic E-state index is 0.613. The molecule has 3 aliphatic rings. The zero-order valence-electron chi connectivity index (χ0n) is 14.6. The summed E-state index contributed by atoms with van der Waals surface area (Å²) in [6, 6.07) is 0. The SMILES string of the molecule is CCNC(=NCC1CCN(C)C1)N1CCC2(CCCCC2)C1. The number of hydrogen-bond acceptors (Lipinski definition) is 2. The van der Waals surface area contributed by atoms with E-state index in [9.17, 15) is 0 Å². The van der Waals surface area contributed by atoms with Crippen molar-refractivity contribution in [2.45, 2.75) is 51.9 Å². The van der Waals surface area contributed by atoms with Gasteiger partial charge < -0.3 is 15.1 Å². The summed E-state index contributed by atoms with van der Waals surface area (Å²) in [5.41, 5.74) is 0.613. The van der Waals surface area contributed by atoms with Crippen LogP contribution in [0.3, 0.4) is 0 Å². The Balaban J connectivity index is 1.58. The van der Waals surface area contributed by atoms with Gasteiger partial charge in [0.1, 0.15) is 0 Å². The molecule has 1 N–H and O–H groups in total. The smallest absolute Gasteiger partial charge is 0.193 e. The van der Waals surface area contributed by atoms with Crippen molar-refractivity contribution >= 4 is 5.96 Å². The highest BCUT2D eigenvalue weighted by Gasteiger charge is 2.39. The van der Waals surface area contributed by atoms with Gasteiger partial charge in [-0.2, -0.15) is 0 Å². The van der Waals surface area contributed by atoms with Crippen LogP contribution in [0.2, 0.25) is 0 Å². The third-order valence-corrected chi connectivity index (χ3v) is 5.98. The maximum absolute atomic E-state index is 4.99. The lowest BCUT2D eigenvalue weighted by Gasteiger charge is -2.33. The van der Waals surface area contributed by atoms with Gasteiger partial charge in [0, 0.05) is 32.7 Å². The van der Waals surface area contributed by atoms with E-state index in [0.29, 0.717) is 5.41 Å². The van der Waals surface area contributed by atoms with Gasteiger partial charge in [-0.05, 0) is 57.5 Å². The van der Waals surface area contributed by atoms with Crippen LogP contribution < -0.4 is 5.32 Å². The van der Waals surface area contributed by atoms with Crippen molar-refractivity contribution in [1.82, 2.24) is 15.1 Å². The summed E-state index contributed by atoms with van der Waals surface area (Å²) in [5, 5.41) is 3.54. The molecule has 2 aliphatic heterocycles. The number of nitrogens with zero attached hydrogens (tertiary/aromatic N) is 3. The van der Waals surface area contributed by atoms with Crippen LogP contribution in [0.1, 0.15) is 51.9 Å². The summed E-state index contributed by atoms with van der Waals surface area (Å²) in [6.45, 7) is 9.06. The van der Waals surface area contributed by atoms with Gasteiger partial charge in [-0.1, -0.05) is 19.3 Å². The highest BCUT2D eigenvalue weighted by atomic mass is 15.3. The Kier molecular flexibility index (Phi) is 5.27. The largest absolute Gasteiger partial charge is 0.357 e. The van der Waals surface area contributed by atoms with Gasteiger partial charge in [0.25, 0.3) is 0 Å². The normalized spacial score (nSPS) is 29.5. The molecule has 3 fully saturated rings. The van der Waals surface area contributed by atoms with Gasteiger partial charge in [0.05, 0.1) is 0 Å². The second kappa shape index (κ2) is 7.20. The molecule has 0 amide bonds. The number of guanidine groups is 1. The second-order valence-corrected chi connectivity index (χ2v) is 7.84. The first-order chi connectivity index (χ1) is 10.7. The Bertz CT molecular complexity index is 387. The van der Waals surface area contributed by atoms with E-state index in [2.05, 4.69) is 29.1 Å². The fourth-order valence-corrected chi connectivity index (χ4v) is 4.64. The van der Waals surface area contributed by atoms with E-state index in [4.69, 9.17) is 4.99 Å². The van der Waals surface area contributed by atoms with Crippen molar-refractivity contribution < 1.29 is 0 Å². The maximum atomic E-state index is 4.99. The van der Waals surface area contributed by atoms with Crippen molar-refractivity contribution in [3.8, 4) is 0 Å². The van der Waals surface area contributed by atoms with Crippen LogP contribution >= 0.6 is 0 Å². The summed E-state index contributed by atoms with van der Waals surface area (Å²) in [5.74, 6) is 1.93. The molecule has 4 nitrogen and oxygen atoms in total. The molecule has 0 aromatic carbocycles. The average molecular weight is 306 g/mol. The molecule has 0 radical (unpaired) electrons. The van der Waals surface area contributed by atoms with Crippen LogP contribution in [-0.4, -0.2) is 62.1 Å². The van der Waals surface area contributed by atoms with Crippen molar-refractivity contribution in [3.63, 3.8) is 0 Å². The van der Waals surface area contributed by atoms with Gasteiger partial charge in [-0.15, -0.1) is 0 Å². The van der Waals surface area contributed by atoms with E-state index < -0.39 is 0 Å². The molecule has 0 aromatic heterocycles. The molecule has 2 heterocycles. The number of nitrogens with one attached hydrogen (secondary N) is 1. The summed E-state index contributed by atoms with van der Waals surface area (Å²) in [6.07, 6.45) is 9.90. The fourth-order valence-electron chi connectivity index (χ4n) is 4.64. The summed E-state index contributed by atoms with van der Waals surface area (Å²) < 4.78 is 0. The monoisotopic (exact) mass is 306 g/mol. The molecule has 1 atom stereocenters. The van der Waals surface area contributed by atoms with Crippen LogP contribution in [0.4, 0.5) is 0 Å². The molecule has 1 unspecified atom stereocenters. The summed E-state index contributed by atoms with van der Waals surface area (Å²) >= 11 is 0. The van der Waals surface area contributed by atoms with Crippen molar-refractivity contribution in [2.24, 2.45) is 16.3 Å². The Labute approximate surface area is 136 Å². The molecule has 1 saturated carbocycles. The Hall–Kier alpha value is -0.770. The van der Waals surface area contributed by atoms with Crippen molar-refractivity contribution in [2.75, 3.05) is 46.3 Å². The van der Waals surface area contributed by atoms with E-state index in [1.165, 1.54) is 77.1 Å².